The molecule has 4 nitrogen and oxygen atoms in total. The molecule has 1 aliphatic heterocycles. The smallest absolute Gasteiger partial charge is 0.254 e. The molecule has 0 unspecified atom stereocenters. The average Bonchev–Trinajstić information content (AvgIpc) is 2.98. The van der Waals surface area contributed by atoms with E-state index in [1.54, 1.807) is 6.20 Å². The van der Waals surface area contributed by atoms with E-state index in [0.717, 1.165) is 37.1 Å². The normalized spacial score (nSPS) is 15.9. The number of imidazole rings is 1. The Balaban J connectivity index is 1.95. The molecule has 3 rings (SSSR count). The predicted octanol–water partition coefficient (Wildman–Crippen LogP) is 1.57. The molecule has 82 valence electrons. The first-order valence-electron chi connectivity index (χ1n) is 5.56. The lowest BCUT2D eigenvalue weighted by Crippen LogP contribution is -2.27. The number of aromatic nitrogens is 2. The van der Waals surface area contributed by atoms with Crippen LogP contribution in [0.4, 0.5) is 0 Å². The zero-order valence-corrected chi connectivity index (χ0v) is 8.97. The fourth-order valence-electron chi connectivity index (χ4n) is 2.15. The summed E-state index contributed by atoms with van der Waals surface area (Å²) in [6.45, 7) is 1.77. The summed E-state index contributed by atoms with van der Waals surface area (Å²) in [6, 6.07) is 3.70. The molecule has 1 amide bonds. The van der Waals surface area contributed by atoms with Gasteiger partial charge in [-0.05, 0) is 25.0 Å². The molecule has 2 aromatic rings. The van der Waals surface area contributed by atoms with Crippen LogP contribution >= 0.6 is 0 Å². The maximum absolute atomic E-state index is 12.1. The molecule has 1 aliphatic rings. The largest absolute Gasteiger partial charge is 0.339 e. The summed E-state index contributed by atoms with van der Waals surface area (Å²) in [5.41, 5.74) is 1.56. The predicted molar refractivity (Wildman–Crippen MR) is 60.3 cm³/mol. The van der Waals surface area contributed by atoms with Crippen LogP contribution in [0.15, 0.2) is 30.7 Å². The van der Waals surface area contributed by atoms with Crippen molar-refractivity contribution < 1.29 is 4.79 Å². The van der Waals surface area contributed by atoms with Gasteiger partial charge in [-0.15, -0.1) is 0 Å². The van der Waals surface area contributed by atoms with Gasteiger partial charge in [0.05, 0.1) is 0 Å². The first kappa shape index (κ1) is 9.39. The molecule has 1 saturated heterocycles. The van der Waals surface area contributed by atoms with Crippen LogP contribution in [0.25, 0.3) is 5.65 Å². The van der Waals surface area contributed by atoms with Crippen molar-refractivity contribution in [2.75, 3.05) is 13.1 Å². The molecule has 4 heteroatoms. The van der Waals surface area contributed by atoms with Crippen molar-refractivity contribution in [3.05, 3.63) is 36.3 Å². The SMILES string of the molecule is O=C(c1ccn2ccnc2c1)N1CCCC1. The van der Waals surface area contributed by atoms with E-state index >= 15 is 0 Å². The fraction of sp³-hybridized carbons (Fsp3) is 0.333. The van der Waals surface area contributed by atoms with E-state index in [1.165, 1.54) is 0 Å². The Labute approximate surface area is 93.5 Å². The van der Waals surface area contributed by atoms with Gasteiger partial charge in [0.1, 0.15) is 5.65 Å². The summed E-state index contributed by atoms with van der Waals surface area (Å²) in [7, 11) is 0. The quantitative estimate of drug-likeness (QED) is 0.724. The zero-order chi connectivity index (χ0) is 11.0. The van der Waals surface area contributed by atoms with Crippen LogP contribution in [0, 0.1) is 0 Å². The molecule has 3 heterocycles. The van der Waals surface area contributed by atoms with Crippen LogP contribution in [0.5, 0.6) is 0 Å². The van der Waals surface area contributed by atoms with Crippen LogP contribution in [0.3, 0.4) is 0 Å². The molecule has 0 spiro atoms. The Morgan fingerprint density at radius 1 is 1.25 bits per heavy atom. The van der Waals surface area contributed by atoms with E-state index in [9.17, 15) is 4.79 Å². The fourth-order valence-corrected chi connectivity index (χ4v) is 2.15. The van der Waals surface area contributed by atoms with Crippen molar-refractivity contribution in [3.8, 4) is 0 Å². The van der Waals surface area contributed by atoms with Crippen LogP contribution in [0.1, 0.15) is 23.2 Å². The van der Waals surface area contributed by atoms with Gasteiger partial charge in [0.25, 0.3) is 5.91 Å². The molecule has 0 bridgehead atoms. The minimum Gasteiger partial charge on any atom is -0.339 e. The van der Waals surface area contributed by atoms with Crippen molar-refractivity contribution in [1.82, 2.24) is 14.3 Å². The van der Waals surface area contributed by atoms with Crippen molar-refractivity contribution in [3.63, 3.8) is 0 Å². The molecular formula is C12H13N3O. The van der Waals surface area contributed by atoms with E-state index in [4.69, 9.17) is 0 Å². The lowest BCUT2D eigenvalue weighted by Gasteiger charge is -2.14. The Kier molecular flexibility index (Phi) is 2.13. The second-order valence-corrected chi connectivity index (χ2v) is 4.11. The third kappa shape index (κ3) is 1.46. The number of amides is 1. The van der Waals surface area contributed by atoms with Gasteiger partial charge in [-0.2, -0.15) is 0 Å². The van der Waals surface area contributed by atoms with Crippen LogP contribution < -0.4 is 0 Å². The molecule has 0 aromatic carbocycles. The zero-order valence-electron chi connectivity index (χ0n) is 8.97. The second kappa shape index (κ2) is 3.63. The van der Waals surface area contributed by atoms with E-state index in [-0.39, 0.29) is 5.91 Å². The highest BCUT2D eigenvalue weighted by molar-refractivity contribution is 5.95. The summed E-state index contributed by atoms with van der Waals surface area (Å²) < 4.78 is 1.90. The number of pyridine rings is 1. The number of fused-ring (bicyclic) bond motifs is 1. The molecular weight excluding hydrogens is 202 g/mol. The maximum Gasteiger partial charge on any atom is 0.254 e. The van der Waals surface area contributed by atoms with Gasteiger partial charge in [-0.1, -0.05) is 0 Å². The summed E-state index contributed by atoms with van der Waals surface area (Å²) in [5.74, 6) is 0.128. The average molecular weight is 215 g/mol. The molecule has 0 aliphatic carbocycles. The van der Waals surface area contributed by atoms with Gasteiger partial charge in [-0.3, -0.25) is 4.79 Å². The Morgan fingerprint density at radius 2 is 2.06 bits per heavy atom. The highest BCUT2D eigenvalue weighted by Crippen LogP contribution is 2.13. The summed E-state index contributed by atoms with van der Waals surface area (Å²) >= 11 is 0. The monoisotopic (exact) mass is 215 g/mol. The minimum atomic E-state index is 0.128. The Hall–Kier alpha value is -1.84. The number of nitrogens with zero attached hydrogens (tertiary/aromatic N) is 3. The Bertz CT molecular complexity index is 526. The molecule has 16 heavy (non-hydrogen) atoms. The molecule has 0 radical (unpaired) electrons. The van der Waals surface area contributed by atoms with E-state index in [2.05, 4.69) is 4.98 Å². The van der Waals surface area contributed by atoms with E-state index in [1.807, 2.05) is 33.8 Å². The van der Waals surface area contributed by atoms with Crippen LogP contribution in [-0.4, -0.2) is 33.3 Å². The topological polar surface area (TPSA) is 37.6 Å². The molecule has 0 atom stereocenters. The highest BCUT2D eigenvalue weighted by Gasteiger charge is 2.19. The van der Waals surface area contributed by atoms with Gasteiger partial charge in [0.2, 0.25) is 0 Å². The number of carbonyl (C=O) groups excluding carboxylic acids is 1. The lowest BCUT2D eigenvalue weighted by atomic mass is 10.2. The highest BCUT2D eigenvalue weighted by atomic mass is 16.2. The number of rotatable bonds is 1. The number of hydrogen-bond acceptors (Lipinski definition) is 2. The van der Waals surface area contributed by atoms with Gasteiger partial charge >= 0.3 is 0 Å². The molecule has 0 N–H and O–H groups in total. The van der Waals surface area contributed by atoms with Gasteiger partial charge < -0.3 is 9.30 Å². The molecule has 2 aromatic heterocycles. The van der Waals surface area contributed by atoms with Crippen LogP contribution in [0.2, 0.25) is 0 Å². The summed E-state index contributed by atoms with van der Waals surface area (Å²) in [4.78, 5) is 18.2. The maximum atomic E-state index is 12.1. The first-order valence-corrected chi connectivity index (χ1v) is 5.56. The van der Waals surface area contributed by atoms with Crippen molar-refractivity contribution >= 4 is 11.6 Å². The van der Waals surface area contributed by atoms with Crippen molar-refractivity contribution in [2.45, 2.75) is 12.8 Å². The van der Waals surface area contributed by atoms with Gasteiger partial charge in [0, 0.05) is 37.2 Å². The second-order valence-electron chi connectivity index (χ2n) is 4.11. The van der Waals surface area contributed by atoms with Crippen molar-refractivity contribution in [1.29, 1.82) is 0 Å². The third-order valence-electron chi connectivity index (χ3n) is 3.04. The number of likely N-dealkylation sites (tertiary alicyclic amines) is 1. The minimum absolute atomic E-state index is 0.128. The first-order chi connectivity index (χ1) is 7.84. The molecule has 1 fully saturated rings. The standard InChI is InChI=1S/C12H13N3O/c16-12(15-5-1-2-6-15)10-3-7-14-8-4-13-11(14)9-10/h3-4,7-9H,1-2,5-6H2. The third-order valence-corrected chi connectivity index (χ3v) is 3.04. The molecule has 0 saturated carbocycles. The lowest BCUT2D eigenvalue weighted by molar-refractivity contribution is 0.0793. The Morgan fingerprint density at radius 3 is 2.88 bits per heavy atom. The summed E-state index contributed by atoms with van der Waals surface area (Å²) in [5, 5.41) is 0. The summed E-state index contributed by atoms with van der Waals surface area (Å²) in [6.07, 6.45) is 7.74. The van der Waals surface area contributed by atoms with Gasteiger partial charge in [-0.25, -0.2) is 4.98 Å². The van der Waals surface area contributed by atoms with E-state index in [0.29, 0.717) is 0 Å². The van der Waals surface area contributed by atoms with E-state index < -0.39 is 0 Å². The number of hydrogen-bond donors (Lipinski definition) is 0. The van der Waals surface area contributed by atoms with Crippen molar-refractivity contribution in [2.24, 2.45) is 0 Å². The number of carbonyl (C=O) groups is 1. The van der Waals surface area contributed by atoms with Gasteiger partial charge in [0.15, 0.2) is 0 Å². The van der Waals surface area contributed by atoms with Crippen LogP contribution in [-0.2, 0) is 0 Å².